The SMILES string of the molecule is CC/C=C\C/C=C\C/C=C\C/C=C\CCCCC(=O)OCC(COP(=O)(O)OCC(O)COP(=O)(O)OCC(COC(=O)CCCCCCCCC/C=C\C/C=C\C/C=C\CC)OC(=O)CCCC/C=C\C/C=C\C/C=C\C/C=C\CC)OC(=O)CCCCCCC/C=C\CCCCCC. The number of hydrogen-bond acceptors (Lipinski definition) is 15. The van der Waals surface area contributed by atoms with Crippen LogP contribution in [0.3, 0.4) is 0 Å². The maximum absolute atomic E-state index is 13.1. The number of carbonyl (C=O) groups is 4. The molecule has 5 atom stereocenters. The predicted molar refractivity (Wildman–Crippen MR) is 408 cm³/mol. The Morgan fingerprint density at radius 3 is 0.830 bits per heavy atom. The second-order valence-electron chi connectivity index (χ2n) is 24.8. The molecule has 100 heavy (non-hydrogen) atoms. The molecule has 570 valence electrons. The summed E-state index contributed by atoms with van der Waals surface area (Å²) >= 11 is 0. The van der Waals surface area contributed by atoms with Crippen LogP contribution < -0.4 is 0 Å². The number of esters is 4. The van der Waals surface area contributed by atoms with Gasteiger partial charge in [0, 0.05) is 25.7 Å². The summed E-state index contributed by atoms with van der Waals surface area (Å²) in [6.07, 6.45) is 81.3. The smallest absolute Gasteiger partial charge is 0.462 e. The van der Waals surface area contributed by atoms with Crippen molar-refractivity contribution in [1.29, 1.82) is 0 Å². The van der Waals surface area contributed by atoms with E-state index >= 15 is 0 Å². The molecule has 3 N–H and O–H groups in total. The van der Waals surface area contributed by atoms with Crippen molar-refractivity contribution in [3.63, 3.8) is 0 Å². The molecule has 0 heterocycles. The van der Waals surface area contributed by atoms with Crippen LogP contribution in [0, 0.1) is 0 Å². The first kappa shape index (κ1) is 94.9. The van der Waals surface area contributed by atoms with Crippen LogP contribution in [0.25, 0.3) is 0 Å². The minimum Gasteiger partial charge on any atom is -0.462 e. The zero-order chi connectivity index (χ0) is 73.2. The number of rotatable bonds is 70. The van der Waals surface area contributed by atoms with Gasteiger partial charge >= 0.3 is 39.5 Å². The fourth-order valence-corrected chi connectivity index (χ4v) is 11.1. The van der Waals surface area contributed by atoms with E-state index in [-0.39, 0.29) is 25.7 Å². The molecule has 0 aliphatic heterocycles. The van der Waals surface area contributed by atoms with Crippen LogP contribution in [-0.2, 0) is 65.4 Å². The standard InChI is InChI=1S/C81H134O17P2/c1-5-9-13-17-21-25-29-33-36-37-40-43-46-50-54-58-62-66-79(84)92-72-77(98-81(86)68-64-60-56-52-48-44-39-35-31-27-23-19-15-11-7-3)74-96-100(89,90)94-70-75(82)69-93-99(87,88)95-73-76(97-80(85)67-63-59-55-51-47-41-32-28-24-20-16-12-8-4)71-91-78(83)65-61-57-53-49-45-42-38-34-30-26-22-18-14-10-6-2/h9-11,13-15,21-23,25-28,32-36,38-39,45,48-49,52,75-77,82H,5-8,12,16-20,24,29-31,37,40-44,46-47,50-51,53-74H2,1-4H3,(H,87,88)(H,89,90)/b13-9-,14-10-,15-11-,25-21-,26-22-,27-23-,32-28-,36-33-,38-34-,39-35-,49-45-,52-48-. The largest absolute Gasteiger partial charge is 0.472 e. The van der Waals surface area contributed by atoms with E-state index in [0.29, 0.717) is 32.1 Å². The fourth-order valence-electron chi connectivity index (χ4n) is 9.56. The van der Waals surface area contributed by atoms with E-state index in [2.05, 4.69) is 174 Å². The van der Waals surface area contributed by atoms with Crippen LogP contribution in [-0.4, -0.2) is 96.7 Å². The number of aliphatic hydroxyl groups is 1. The summed E-state index contributed by atoms with van der Waals surface area (Å²) in [7, 11) is -9.99. The van der Waals surface area contributed by atoms with Crippen LogP contribution in [0.4, 0.5) is 0 Å². The van der Waals surface area contributed by atoms with Gasteiger partial charge in [-0.25, -0.2) is 9.13 Å². The van der Waals surface area contributed by atoms with Gasteiger partial charge in [0.15, 0.2) is 12.2 Å². The van der Waals surface area contributed by atoms with Gasteiger partial charge in [-0.3, -0.25) is 37.3 Å². The third-order valence-corrected chi connectivity index (χ3v) is 17.2. The zero-order valence-corrected chi connectivity index (χ0v) is 63.9. The summed E-state index contributed by atoms with van der Waals surface area (Å²) < 4.78 is 68.4. The molecule has 17 nitrogen and oxygen atoms in total. The molecule has 19 heteroatoms. The van der Waals surface area contributed by atoms with Crippen LogP contribution in [0.5, 0.6) is 0 Å². The molecule has 0 spiro atoms. The second kappa shape index (κ2) is 72.3. The van der Waals surface area contributed by atoms with E-state index in [0.717, 1.165) is 173 Å². The van der Waals surface area contributed by atoms with E-state index in [9.17, 15) is 43.2 Å². The van der Waals surface area contributed by atoms with Crippen molar-refractivity contribution >= 4 is 39.5 Å². The average molecular weight is 1440 g/mol. The summed E-state index contributed by atoms with van der Waals surface area (Å²) in [5.41, 5.74) is 0. The van der Waals surface area contributed by atoms with Crippen LogP contribution in [0.2, 0.25) is 0 Å². The van der Waals surface area contributed by atoms with Crippen molar-refractivity contribution in [2.45, 2.75) is 303 Å². The number of ether oxygens (including phenoxy) is 4. The van der Waals surface area contributed by atoms with Crippen molar-refractivity contribution < 1.29 is 80.2 Å². The van der Waals surface area contributed by atoms with Crippen LogP contribution in [0.15, 0.2) is 146 Å². The number of phosphoric ester groups is 2. The van der Waals surface area contributed by atoms with Crippen molar-refractivity contribution in [3.8, 4) is 0 Å². The molecule has 0 saturated carbocycles. The maximum atomic E-state index is 13.1. The van der Waals surface area contributed by atoms with Gasteiger partial charge in [-0.1, -0.05) is 244 Å². The highest BCUT2D eigenvalue weighted by molar-refractivity contribution is 7.47. The van der Waals surface area contributed by atoms with Gasteiger partial charge in [-0.05, 0) is 161 Å². The summed E-state index contributed by atoms with van der Waals surface area (Å²) in [6, 6.07) is 0. The number of unbranched alkanes of at least 4 members (excludes halogenated alkanes) is 20. The molecule has 5 unspecified atom stereocenters. The predicted octanol–water partition coefficient (Wildman–Crippen LogP) is 21.9. The molecule has 0 aromatic heterocycles. The maximum Gasteiger partial charge on any atom is 0.472 e. The third-order valence-electron chi connectivity index (χ3n) is 15.3. The zero-order valence-electron chi connectivity index (χ0n) is 62.1. The monoisotopic (exact) mass is 1440 g/mol. The molecular formula is C81H134O17P2. The first-order chi connectivity index (χ1) is 48.7. The lowest BCUT2D eigenvalue weighted by Gasteiger charge is -2.21. The Kier molecular flexibility index (Phi) is 68.6. The van der Waals surface area contributed by atoms with Gasteiger partial charge in [0.25, 0.3) is 0 Å². The molecule has 0 aliphatic carbocycles. The molecule has 0 rings (SSSR count). The van der Waals surface area contributed by atoms with Crippen LogP contribution >= 0.6 is 15.6 Å². The molecule has 0 saturated heterocycles. The lowest BCUT2D eigenvalue weighted by atomic mass is 10.1. The van der Waals surface area contributed by atoms with Gasteiger partial charge in [-0.15, -0.1) is 0 Å². The Balaban J connectivity index is 5.43. The number of carbonyl (C=O) groups excluding carboxylic acids is 4. The lowest BCUT2D eigenvalue weighted by molar-refractivity contribution is -0.161. The average Bonchev–Trinajstić information content (AvgIpc) is 0.937. The molecule has 0 amide bonds. The summed E-state index contributed by atoms with van der Waals surface area (Å²) in [4.78, 5) is 72.8. The minimum atomic E-state index is -5.00. The van der Waals surface area contributed by atoms with Gasteiger partial charge in [-0.2, -0.15) is 0 Å². The Morgan fingerprint density at radius 1 is 0.290 bits per heavy atom. The molecule has 0 bridgehead atoms. The fraction of sp³-hybridized carbons (Fsp3) is 0.654. The van der Waals surface area contributed by atoms with Crippen molar-refractivity contribution in [2.24, 2.45) is 0 Å². The van der Waals surface area contributed by atoms with Gasteiger partial charge < -0.3 is 33.8 Å². The first-order valence-corrected chi connectivity index (χ1v) is 41.1. The van der Waals surface area contributed by atoms with Gasteiger partial charge in [0.2, 0.25) is 0 Å². The highest BCUT2D eigenvalue weighted by Gasteiger charge is 2.30. The topological polar surface area (TPSA) is 237 Å². The van der Waals surface area contributed by atoms with Crippen molar-refractivity contribution in [3.05, 3.63) is 146 Å². The Labute approximate surface area is 605 Å². The third kappa shape index (κ3) is 71.3. The normalized spacial score (nSPS) is 14.8. The van der Waals surface area contributed by atoms with E-state index < -0.39 is 97.5 Å². The number of allylic oxidation sites excluding steroid dienone is 24. The highest BCUT2D eigenvalue weighted by atomic mass is 31.2. The van der Waals surface area contributed by atoms with Crippen LogP contribution in [0.1, 0.15) is 285 Å². The molecular weight excluding hydrogens is 1310 g/mol. The number of hydrogen-bond donors (Lipinski definition) is 3. The second-order valence-corrected chi connectivity index (χ2v) is 27.7. The molecule has 0 aromatic rings. The van der Waals surface area contributed by atoms with Gasteiger partial charge in [0.05, 0.1) is 26.4 Å². The molecule has 0 aromatic carbocycles. The molecule has 0 radical (unpaired) electrons. The molecule has 0 fully saturated rings. The highest BCUT2D eigenvalue weighted by Crippen LogP contribution is 2.45. The van der Waals surface area contributed by atoms with E-state index in [1.807, 2.05) is 0 Å². The summed E-state index contributed by atoms with van der Waals surface area (Å²) in [5.74, 6) is -2.30. The van der Waals surface area contributed by atoms with Crippen molar-refractivity contribution in [1.82, 2.24) is 0 Å². The quantitative estimate of drug-likeness (QED) is 0.0169. The van der Waals surface area contributed by atoms with E-state index in [1.54, 1.807) is 0 Å². The molecule has 0 aliphatic rings. The first-order valence-electron chi connectivity index (χ1n) is 38.1. The number of aliphatic hydroxyl groups excluding tert-OH is 1. The Hall–Kier alpha value is -5.06. The summed E-state index contributed by atoms with van der Waals surface area (Å²) in [6.45, 7) is 4.39. The number of phosphoric acid groups is 2. The lowest BCUT2D eigenvalue weighted by Crippen LogP contribution is -2.30. The Morgan fingerprint density at radius 2 is 0.520 bits per heavy atom. The van der Waals surface area contributed by atoms with E-state index in [1.165, 1.54) is 25.7 Å². The van der Waals surface area contributed by atoms with Gasteiger partial charge in [0.1, 0.15) is 19.3 Å². The Bertz CT molecular complexity index is 2470. The minimum absolute atomic E-state index is 0.0353. The summed E-state index contributed by atoms with van der Waals surface area (Å²) in [5, 5.41) is 10.6. The van der Waals surface area contributed by atoms with Crippen molar-refractivity contribution in [2.75, 3.05) is 39.6 Å². The van der Waals surface area contributed by atoms with E-state index in [4.69, 9.17) is 37.0 Å².